The Morgan fingerprint density at radius 3 is 2.09 bits per heavy atom. The monoisotopic (exact) mass is 498 g/mol. The van der Waals surface area contributed by atoms with E-state index in [1.165, 1.54) is 7.11 Å². The largest absolute Gasteiger partial charge is 0.469 e. The Bertz CT molecular complexity index is 610. The van der Waals surface area contributed by atoms with Crippen LogP contribution in [0.1, 0.15) is 77.0 Å². The first-order valence-electron chi connectivity index (χ1n) is 13.5. The minimum Gasteiger partial charge on any atom is -0.469 e. The van der Waals surface area contributed by atoms with Crippen LogP contribution in [0.2, 0.25) is 0 Å². The number of carbonyl (C=O) groups excluding carboxylic acids is 1. The van der Waals surface area contributed by atoms with Crippen LogP contribution < -0.4 is 0 Å². The number of rotatable bonds is 14. The fraction of sp³-hybridized carbons (Fsp3) is 0.889. The molecule has 8 heteroatoms. The summed E-state index contributed by atoms with van der Waals surface area (Å²) in [6, 6.07) is 0. The fourth-order valence-electron chi connectivity index (χ4n) is 5.57. The maximum atomic E-state index is 11.3. The summed E-state index contributed by atoms with van der Waals surface area (Å²) in [4.78, 5) is 11.3. The first kappa shape index (κ1) is 28.5. The van der Waals surface area contributed by atoms with Crippen LogP contribution in [-0.4, -0.2) is 71.6 Å². The molecule has 202 valence electrons. The summed E-state index contributed by atoms with van der Waals surface area (Å²) in [6.07, 6.45) is 14.6. The highest BCUT2D eigenvalue weighted by atomic mass is 16.7. The second-order valence-corrected chi connectivity index (χ2v) is 9.78. The minimum absolute atomic E-state index is 0.0113. The Labute approximate surface area is 210 Å². The molecule has 0 aromatic heterocycles. The fourth-order valence-corrected chi connectivity index (χ4v) is 5.57. The van der Waals surface area contributed by atoms with E-state index in [2.05, 4.69) is 12.2 Å². The van der Waals surface area contributed by atoms with Gasteiger partial charge in [-0.1, -0.05) is 12.2 Å². The van der Waals surface area contributed by atoms with Gasteiger partial charge in [-0.15, -0.1) is 0 Å². The van der Waals surface area contributed by atoms with E-state index < -0.39 is 0 Å². The molecule has 8 nitrogen and oxygen atoms in total. The molecule has 0 aromatic carbocycles. The molecular weight excluding hydrogens is 452 g/mol. The Hall–Kier alpha value is -1.03. The molecule has 0 N–H and O–H groups in total. The molecule has 35 heavy (non-hydrogen) atoms. The Morgan fingerprint density at radius 2 is 1.51 bits per heavy atom. The lowest BCUT2D eigenvalue weighted by Gasteiger charge is -2.34. The molecule has 1 aliphatic carbocycles. The molecule has 3 aliphatic rings. The zero-order chi connectivity index (χ0) is 24.9. The standard InChI is InChI=1S/C27H46O8/c1-29-23(28)14-8-6-4-5-7-13-20-21(34-24-15-9-11-17-32-24)19-22(26(20)27(30-2)31-3)35-25-16-10-12-18-33-25/h4-5,20-22,24-27H,6-19H2,1-3H3/t20-,21-,22+,24?,25?,26+/m0/s1. The van der Waals surface area contributed by atoms with Gasteiger partial charge in [-0.3, -0.25) is 4.79 Å². The van der Waals surface area contributed by atoms with E-state index in [0.717, 1.165) is 83.8 Å². The molecule has 1 saturated carbocycles. The molecular formula is C27H46O8. The van der Waals surface area contributed by atoms with Crippen LogP contribution in [0.15, 0.2) is 12.2 Å². The van der Waals surface area contributed by atoms with E-state index >= 15 is 0 Å². The molecule has 3 rings (SSSR count). The summed E-state index contributed by atoms with van der Waals surface area (Å²) in [5.41, 5.74) is 0. The van der Waals surface area contributed by atoms with Crippen molar-refractivity contribution in [3.8, 4) is 0 Å². The van der Waals surface area contributed by atoms with E-state index in [4.69, 9.17) is 33.2 Å². The van der Waals surface area contributed by atoms with E-state index in [1.807, 2.05) is 0 Å². The average molecular weight is 499 g/mol. The molecule has 2 unspecified atom stereocenters. The number of hydrogen-bond acceptors (Lipinski definition) is 8. The lowest BCUT2D eigenvalue weighted by Crippen LogP contribution is -2.40. The molecule has 0 aromatic rings. The minimum atomic E-state index is -0.376. The third-order valence-electron chi connectivity index (χ3n) is 7.39. The summed E-state index contributed by atoms with van der Waals surface area (Å²) in [6.45, 7) is 1.51. The van der Waals surface area contributed by atoms with E-state index in [-0.39, 0.29) is 48.9 Å². The quantitative estimate of drug-likeness (QED) is 0.147. The van der Waals surface area contributed by atoms with Crippen molar-refractivity contribution in [3.63, 3.8) is 0 Å². The zero-order valence-electron chi connectivity index (χ0n) is 21.9. The van der Waals surface area contributed by atoms with Crippen LogP contribution in [0.4, 0.5) is 0 Å². The van der Waals surface area contributed by atoms with Crippen molar-refractivity contribution in [1.82, 2.24) is 0 Å². The third kappa shape index (κ3) is 9.09. The summed E-state index contributed by atoms with van der Waals surface area (Å²) in [5.74, 6) is 0.0888. The van der Waals surface area contributed by atoms with Gasteiger partial charge < -0.3 is 33.2 Å². The number of methoxy groups -OCH3 is 3. The van der Waals surface area contributed by atoms with Crippen molar-refractivity contribution in [1.29, 1.82) is 0 Å². The number of allylic oxidation sites excluding steroid dienone is 2. The van der Waals surface area contributed by atoms with Crippen molar-refractivity contribution in [2.45, 2.75) is 108 Å². The lowest BCUT2D eigenvalue weighted by molar-refractivity contribution is -0.227. The summed E-state index contributed by atoms with van der Waals surface area (Å²) in [5, 5.41) is 0. The van der Waals surface area contributed by atoms with Crippen molar-refractivity contribution >= 4 is 5.97 Å². The van der Waals surface area contributed by atoms with Crippen LogP contribution >= 0.6 is 0 Å². The topological polar surface area (TPSA) is 81.7 Å². The highest BCUT2D eigenvalue weighted by Crippen LogP contribution is 2.44. The van der Waals surface area contributed by atoms with Gasteiger partial charge in [0, 0.05) is 46.2 Å². The molecule has 2 saturated heterocycles. The van der Waals surface area contributed by atoms with Crippen LogP contribution in [0.5, 0.6) is 0 Å². The highest BCUT2D eigenvalue weighted by molar-refractivity contribution is 5.69. The SMILES string of the molecule is COC(=O)CCCC=CCC[C@@H]1[C@@H](C(OC)OC)[C@H](OC2CCCCO2)C[C@@H]1OC1CCCCO1. The van der Waals surface area contributed by atoms with Gasteiger partial charge in [0.1, 0.15) is 0 Å². The molecule has 3 fully saturated rings. The molecule has 6 atom stereocenters. The normalized spacial score (nSPS) is 31.9. The zero-order valence-corrected chi connectivity index (χ0v) is 21.9. The Kier molecular flexibility index (Phi) is 13.0. The lowest BCUT2D eigenvalue weighted by atomic mass is 9.88. The maximum Gasteiger partial charge on any atom is 0.305 e. The predicted octanol–water partition coefficient (Wildman–Crippen LogP) is 4.74. The van der Waals surface area contributed by atoms with E-state index in [9.17, 15) is 4.79 Å². The van der Waals surface area contributed by atoms with Crippen molar-refractivity contribution in [2.75, 3.05) is 34.5 Å². The number of ether oxygens (including phenoxy) is 7. The first-order valence-corrected chi connectivity index (χ1v) is 13.5. The van der Waals surface area contributed by atoms with Gasteiger partial charge in [0.05, 0.1) is 19.3 Å². The van der Waals surface area contributed by atoms with Gasteiger partial charge in [-0.25, -0.2) is 0 Å². The number of esters is 1. The van der Waals surface area contributed by atoms with Crippen molar-refractivity contribution < 1.29 is 38.0 Å². The van der Waals surface area contributed by atoms with Crippen LogP contribution in [0.25, 0.3) is 0 Å². The molecule has 0 amide bonds. The summed E-state index contributed by atoms with van der Waals surface area (Å²) >= 11 is 0. The molecule has 2 heterocycles. The second kappa shape index (κ2) is 15.9. The van der Waals surface area contributed by atoms with Crippen molar-refractivity contribution in [2.24, 2.45) is 11.8 Å². The number of carbonyl (C=O) groups is 1. The molecule has 0 spiro atoms. The van der Waals surface area contributed by atoms with Crippen molar-refractivity contribution in [3.05, 3.63) is 12.2 Å². The summed E-state index contributed by atoms with van der Waals surface area (Å²) < 4.78 is 41.2. The molecule has 0 bridgehead atoms. The number of hydrogen-bond donors (Lipinski definition) is 0. The Balaban J connectivity index is 1.65. The predicted molar refractivity (Wildman–Crippen MR) is 131 cm³/mol. The second-order valence-electron chi connectivity index (χ2n) is 9.78. The first-order chi connectivity index (χ1) is 17.2. The number of unbranched alkanes of at least 4 members (excludes halogenated alkanes) is 1. The van der Waals surface area contributed by atoms with Crippen LogP contribution in [0.3, 0.4) is 0 Å². The average Bonchev–Trinajstić information content (AvgIpc) is 3.21. The van der Waals surface area contributed by atoms with Gasteiger partial charge in [0.15, 0.2) is 18.9 Å². The van der Waals surface area contributed by atoms with Gasteiger partial charge >= 0.3 is 5.97 Å². The van der Waals surface area contributed by atoms with E-state index in [1.54, 1.807) is 14.2 Å². The smallest absolute Gasteiger partial charge is 0.305 e. The maximum absolute atomic E-state index is 11.3. The Morgan fingerprint density at radius 1 is 0.886 bits per heavy atom. The van der Waals surface area contributed by atoms with Gasteiger partial charge in [-0.2, -0.15) is 0 Å². The van der Waals surface area contributed by atoms with Crippen LogP contribution in [-0.2, 0) is 38.0 Å². The molecule has 2 aliphatic heterocycles. The van der Waals surface area contributed by atoms with Gasteiger partial charge in [0.2, 0.25) is 0 Å². The van der Waals surface area contributed by atoms with Crippen LogP contribution in [0, 0.1) is 11.8 Å². The highest BCUT2D eigenvalue weighted by Gasteiger charge is 2.50. The third-order valence-corrected chi connectivity index (χ3v) is 7.39. The van der Waals surface area contributed by atoms with E-state index in [0.29, 0.717) is 6.42 Å². The van der Waals surface area contributed by atoms with Gasteiger partial charge in [0.25, 0.3) is 0 Å². The van der Waals surface area contributed by atoms with Gasteiger partial charge in [-0.05, 0) is 70.1 Å². The molecule has 0 radical (unpaired) electrons. The summed E-state index contributed by atoms with van der Waals surface area (Å²) in [7, 11) is 4.82.